The Labute approximate surface area is 228 Å². The van der Waals surface area contributed by atoms with Gasteiger partial charge in [0.15, 0.2) is 12.4 Å². The van der Waals surface area contributed by atoms with Gasteiger partial charge in [0.2, 0.25) is 0 Å². The van der Waals surface area contributed by atoms with Crippen molar-refractivity contribution in [3.63, 3.8) is 0 Å². The minimum atomic E-state index is -0.819. The molecule has 1 atom stereocenters. The van der Waals surface area contributed by atoms with Gasteiger partial charge in [-0.2, -0.15) is 11.8 Å². The van der Waals surface area contributed by atoms with E-state index in [1.54, 1.807) is 36.0 Å². The zero-order valence-corrected chi connectivity index (χ0v) is 22.8. The lowest BCUT2D eigenvalue weighted by Gasteiger charge is -2.57. The number of ether oxygens (including phenoxy) is 1. The minimum Gasteiger partial charge on any atom is -0.456 e. The Bertz CT molecular complexity index is 1110. The molecule has 37 heavy (non-hydrogen) atoms. The number of thioether (sulfide) groups is 1. The molecule has 6 rings (SSSR count). The number of carbonyl (C=O) groups is 3. The van der Waals surface area contributed by atoms with Crippen molar-refractivity contribution >= 4 is 41.0 Å². The molecule has 4 aliphatic rings. The molecular weight excluding hydrogens is 506 g/mol. The molecule has 0 spiro atoms. The van der Waals surface area contributed by atoms with Crippen molar-refractivity contribution in [2.24, 2.45) is 17.8 Å². The van der Waals surface area contributed by atoms with Gasteiger partial charge in [0, 0.05) is 16.1 Å². The third kappa shape index (κ3) is 5.91. The first-order valence-corrected chi connectivity index (χ1v) is 15.0. The van der Waals surface area contributed by atoms with Crippen LogP contribution in [0, 0.1) is 17.8 Å². The second-order valence-electron chi connectivity index (χ2n) is 11.1. The third-order valence-corrected chi connectivity index (χ3v) is 9.41. The Morgan fingerprint density at radius 3 is 2.08 bits per heavy atom. The average molecular weight is 540 g/mol. The summed E-state index contributed by atoms with van der Waals surface area (Å²) >= 11 is 7.46. The van der Waals surface area contributed by atoms with Crippen molar-refractivity contribution in [1.29, 1.82) is 0 Å². The lowest BCUT2D eigenvalue weighted by atomic mass is 9.48. The summed E-state index contributed by atoms with van der Waals surface area (Å²) in [6.45, 7) is -0.383. The van der Waals surface area contributed by atoms with Crippen molar-refractivity contribution in [3.8, 4) is 0 Å². The number of carbonyl (C=O) groups excluding carboxylic acids is 3. The summed E-state index contributed by atoms with van der Waals surface area (Å²) < 4.78 is 5.30. The highest BCUT2D eigenvalue weighted by molar-refractivity contribution is 7.98. The van der Waals surface area contributed by atoms with Gasteiger partial charge in [-0.3, -0.25) is 9.59 Å². The van der Waals surface area contributed by atoms with E-state index < -0.39 is 12.0 Å². The van der Waals surface area contributed by atoms with E-state index in [9.17, 15) is 14.4 Å². The van der Waals surface area contributed by atoms with E-state index in [4.69, 9.17) is 16.3 Å². The van der Waals surface area contributed by atoms with Crippen LogP contribution in [0.2, 0.25) is 5.02 Å². The Hall–Kier alpha value is -2.31. The van der Waals surface area contributed by atoms with Crippen LogP contribution >= 0.6 is 23.4 Å². The van der Waals surface area contributed by atoms with Gasteiger partial charge in [-0.1, -0.05) is 23.7 Å². The molecule has 4 aliphatic carbocycles. The van der Waals surface area contributed by atoms with E-state index in [1.807, 2.05) is 18.4 Å². The fraction of sp³-hybridized carbons (Fsp3) is 0.500. The monoisotopic (exact) mass is 539 g/mol. The quantitative estimate of drug-likeness (QED) is 0.292. The first-order valence-electron chi connectivity index (χ1n) is 13.2. The van der Waals surface area contributed by atoms with Gasteiger partial charge in [-0.15, -0.1) is 0 Å². The van der Waals surface area contributed by atoms with Gasteiger partial charge in [0.1, 0.15) is 6.04 Å². The van der Waals surface area contributed by atoms with Crippen LogP contribution in [-0.4, -0.2) is 42.3 Å². The largest absolute Gasteiger partial charge is 0.456 e. The van der Waals surface area contributed by atoms with Crippen LogP contribution in [0.25, 0.3) is 0 Å². The second kappa shape index (κ2) is 11.2. The van der Waals surface area contributed by atoms with Crippen molar-refractivity contribution in [1.82, 2.24) is 5.32 Å². The molecule has 0 saturated heterocycles. The first-order chi connectivity index (χ1) is 17.8. The van der Waals surface area contributed by atoms with Crippen molar-refractivity contribution in [3.05, 3.63) is 70.2 Å². The van der Waals surface area contributed by atoms with E-state index in [1.165, 1.54) is 44.1 Å². The maximum Gasteiger partial charge on any atom is 0.329 e. The summed E-state index contributed by atoms with van der Waals surface area (Å²) in [4.78, 5) is 38.3. The van der Waals surface area contributed by atoms with Gasteiger partial charge in [-0.25, -0.2) is 4.79 Å². The van der Waals surface area contributed by atoms with Gasteiger partial charge >= 0.3 is 5.97 Å². The molecule has 1 unspecified atom stereocenters. The predicted octanol–water partition coefficient (Wildman–Crippen LogP) is 6.09. The molecule has 0 heterocycles. The number of rotatable bonds is 10. The summed E-state index contributed by atoms with van der Waals surface area (Å²) in [5.41, 5.74) is 2.60. The molecule has 1 N–H and O–H groups in total. The van der Waals surface area contributed by atoms with Crippen molar-refractivity contribution in [2.45, 2.75) is 56.4 Å². The summed E-state index contributed by atoms with van der Waals surface area (Å²) in [6, 6.07) is 13.6. The topological polar surface area (TPSA) is 72.5 Å². The predicted molar refractivity (Wildman–Crippen MR) is 147 cm³/mol. The maximum atomic E-state index is 13.1. The fourth-order valence-corrected chi connectivity index (χ4v) is 7.72. The van der Waals surface area contributed by atoms with Crippen LogP contribution in [0.3, 0.4) is 0 Å². The number of esters is 1. The van der Waals surface area contributed by atoms with Crippen LogP contribution in [0.15, 0.2) is 48.5 Å². The van der Waals surface area contributed by atoms with Crippen LogP contribution < -0.4 is 5.32 Å². The molecule has 7 heteroatoms. The Morgan fingerprint density at radius 1 is 0.946 bits per heavy atom. The number of halogens is 1. The number of Topliss-reactive ketones (excluding diaryl/α,β-unsaturated/α-hetero) is 1. The molecule has 2 aromatic rings. The SMILES string of the molecule is CSCCC(NC(=O)c1ccc(C23CC4CC(CC(C4)C2)C3)cc1)C(=O)OCC(=O)c1ccc(Cl)cc1. The van der Waals surface area contributed by atoms with Gasteiger partial charge < -0.3 is 10.1 Å². The minimum absolute atomic E-state index is 0.283. The van der Waals surface area contributed by atoms with Crippen LogP contribution in [0.4, 0.5) is 0 Å². The Morgan fingerprint density at radius 2 is 1.51 bits per heavy atom. The molecule has 4 fully saturated rings. The van der Waals surface area contributed by atoms with E-state index in [-0.39, 0.29) is 23.7 Å². The number of ketones is 1. The molecule has 0 radical (unpaired) electrons. The summed E-state index contributed by atoms with van der Waals surface area (Å²) in [7, 11) is 0. The van der Waals surface area contributed by atoms with E-state index >= 15 is 0 Å². The molecule has 2 aromatic carbocycles. The molecular formula is C30H34ClNO4S. The summed E-state index contributed by atoms with van der Waals surface area (Å²) in [6.07, 6.45) is 10.4. The zero-order valence-electron chi connectivity index (χ0n) is 21.2. The van der Waals surface area contributed by atoms with E-state index in [0.29, 0.717) is 28.3 Å². The third-order valence-electron chi connectivity index (χ3n) is 8.51. The molecule has 0 aliphatic heterocycles. The lowest BCUT2D eigenvalue weighted by Crippen LogP contribution is -2.48. The van der Waals surface area contributed by atoms with Crippen LogP contribution in [0.5, 0.6) is 0 Å². The fourth-order valence-electron chi connectivity index (χ4n) is 7.12. The number of nitrogens with one attached hydrogen (secondary N) is 1. The number of hydrogen-bond acceptors (Lipinski definition) is 5. The average Bonchev–Trinajstić information content (AvgIpc) is 2.89. The van der Waals surface area contributed by atoms with Crippen LogP contribution in [-0.2, 0) is 14.9 Å². The second-order valence-corrected chi connectivity index (χ2v) is 12.5. The molecule has 4 saturated carbocycles. The highest BCUT2D eigenvalue weighted by Crippen LogP contribution is 2.60. The van der Waals surface area contributed by atoms with Crippen molar-refractivity contribution < 1.29 is 19.1 Å². The Kier molecular flexibility index (Phi) is 7.96. The van der Waals surface area contributed by atoms with Gasteiger partial charge in [0.05, 0.1) is 0 Å². The summed E-state index contributed by atoms with van der Waals surface area (Å²) in [5.74, 6) is 2.05. The van der Waals surface area contributed by atoms with Crippen molar-refractivity contribution in [2.75, 3.05) is 18.6 Å². The van der Waals surface area contributed by atoms with E-state index in [2.05, 4.69) is 17.4 Å². The van der Waals surface area contributed by atoms with Gasteiger partial charge in [0.25, 0.3) is 5.91 Å². The number of amides is 1. The van der Waals surface area contributed by atoms with E-state index in [0.717, 1.165) is 17.8 Å². The summed E-state index contributed by atoms with van der Waals surface area (Å²) in [5, 5.41) is 3.37. The first kappa shape index (κ1) is 26.3. The zero-order chi connectivity index (χ0) is 26.0. The van der Waals surface area contributed by atoms with Crippen LogP contribution in [0.1, 0.15) is 71.2 Å². The van der Waals surface area contributed by atoms with Gasteiger partial charge in [-0.05, 0) is 122 Å². The molecule has 5 nitrogen and oxygen atoms in total. The highest BCUT2D eigenvalue weighted by Gasteiger charge is 2.51. The lowest BCUT2D eigenvalue weighted by molar-refractivity contribution is -0.144. The number of hydrogen-bond donors (Lipinski definition) is 1. The normalized spacial score (nSPS) is 26.5. The standard InChI is InChI=1S/C30H34ClNO4S/c1-37-11-10-26(29(35)36-18-27(33)22-4-8-25(31)9-5-22)32-28(34)23-2-6-24(7-3-23)30-15-19-12-20(16-30)14-21(13-19)17-30/h2-9,19-21,26H,10-18H2,1H3,(H,32,34). The maximum absolute atomic E-state index is 13.1. The molecule has 0 aromatic heterocycles. The molecule has 196 valence electrons. The molecule has 1 amide bonds. The highest BCUT2D eigenvalue weighted by atomic mass is 35.5. The Balaban J connectivity index is 1.21. The smallest absolute Gasteiger partial charge is 0.329 e. The number of benzene rings is 2. The molecule has 4 bridgehead atoms.